The van der Waals surface area contributed by atoms with Crippen LogP contribution in [0.5, 0.6) is 11.5 Å². The molecule has 6 aromatic carbocycles. The number of hydrogen-bond acceptors (Lipinski definition) is 4. The van der Waals surface area contributed by atoms with E-state index < -0.39 is 5.41 Å². The number of nitrogens with zero attached hydrogens (tertiary/aromatic N) is 3. The smallest absolute Gasteiger partial charge is 0.160 e. The summed E-state index contributed by atoms with van der Waals surface area (Å²) in [6, 6.07) is 55.5. The van der Waals surface area contributed by atoms with E-state index in [0.717, 1.165) is 57.1 Å². The summed E-state index contributed by atoms with van der Waals surface area (Å²) >= 11 is 0. The fraction of sp³-hybridized carbons (Fsp3) is 0.0625. The predicted octanol–water partition coefficient (Wildman–Crippen LogP) is 11.4. The van der Waals surface area contributed by atoms with Crippen molar-refractivity contribution in [2.75, 3.05) is 0 Å². The normalized spacial score (nSPS) is 15.8. The van der Waals surface area contributed by atoms with Gasteiger partial charge in [0, 0.05) is 39.3 Å². The highest BCUT2D eigenvalue weighted by Crippen LogP contribution is 2.63. The van der Waals surface area contributed by atoms with Crippen molar-refractivity contribution in [3.05, 3.63) is 203 Å². The van der Waals surface area contributed by atoms with E-state index >= 15 is 0 Å². The van der Waals surface area contributed by atoms with Gasteiger partial charge in [-0.3, -0.25) is 0 Å². The summed E-state index contributed by atoms with van der Waals surface area (Å²) in [5.41, 5.74) is 13.3. The second kappa shape index (κ2) is 11.9. The summed E-state index contributed by atoms with van der Waals surface area (Å²) in [7, 11) is 0. The maximum absolute atomic E-state index is 9.62. The number of aromatic nitrogens is 2. The third-order valence-electron chi connectivity index (χ3n) is 10.7. The van der Waals surface area contributed by atoms with E-state index in [4.69, 9.17) is 14.7 Å². The highest BCUT2D eigenvalue weighted by molar-refractivity contribution is 5.92. The molecule has 1 unspecified atom stereocenters. The lowest BCUT2D eigenvalue weighted by Gasteiger charge is -2.39. The van der Waals surface area contributed by atoms with Crippen LogP contribution in [0, 0.1) is 11.3 Å². The third kappa shape index (κ3) is 4.53. The van der Waals surface area contributed by atoms with Crippen molar-refractivity contribution in [1.29, 1.82) is 5.26 Å². The maximum Gasteiger partial charge on any atom is 0.160 e. The molecule has 10 rings (SSSR count). The van der Waals surface area contributed by atoms with Crippen molar-refractivity contribution in [2.24, 2.45) is 0 Å². The molecule has 0 N–H and O–H groups in total. The van der Waals surface area contributed by atoms with Gasteiger partial charge in [-0.2, -0.15) is 5.26 Å². The van der Waals surface area contributed by atoms with Gasteiger partial charge in [-0.05, 0) is 64.6 Å². The summed E-state index contributed by atoms with van der Waals surface area (Å²) < 4.78 is 6.60. The molecule has 52 heavy (non-hydrogen) atoms. The Bertz CT molecular complexity index is 2550. The predicted molar refractivity (Wildman–Crippen MR) is 206 cm³/mol. The second-order valence-corrected chi connectivity index (χ2v) is 13.5. The van der Waals surface area contributed by atoms with E-state index in [0.29, 0.717) is 11.4 Å². The molecule has 3 aliphatic rings. The Kier molecular flexibility index (Phi) is 6.87. The van der Waals surface area contributed by atoms with Crippen molar-refractivity contribution >= 4 is 0 Å². The van der Waals surface area contributed by atoms with Crippen molar-refractivity contribution < 1.29 is 4.74 Å². The molecule has 1 aliphatic heterocycles. The van der Waals surface area contributed by atoms with E-state index in [2.05, 4.69) is 121 Å². The molecule has 0 bridgehead atoms. The van der Waals surface area contributed by atoms with Crippen molar-refractivity contribution in [3.63, 3.8) is 0 Å². The van der Waals surface area contributed by atoms with Gasteiger partial charge in [-0.15, -0.1) is 0 Å². The molecule has 4 heteroatoms. The molecule has 0 saturated carbocycles. The first kappa shape index (κ1) is 30.0. The molecule has 4 nitrogen and oxygen atoms in total. The molecule has 1 spiro atoms. The molecule has 0 saturated heterocycles. The summed E-state index contributed by atoms with van der Waals surface area (Å²) in [6.45, 7) is 0. The quantitative estimate of drug-likeness (QED) is 0.188. The van der Waals surface area contributed by atoms with Gasteiger partial charge in [-0.25, -0.2) is 9.97 Å². The highest BCUT2D eigenvalue weighted by Gasteiger charge is 2.51. The highest BCUT2D eigenvalue weighted by atomic mass is 16.5. The van der Waals surface area contributed by atoms with Crippen LogP contribution in [0.15, 0.2) is 175 Å². The van der Waals surface area contributed by atoms with E-state index in [-0.39, 0.29) is 5.92 Å². The topological polar surface area (TPSA) is 58.8 Å². The molecule has 0 amide bonds. The fourth-order valence-corrected chi connectivity index (χ4v) is 8.45. The van der Waals surface area contributed by atoms with Crippen LogP contribution in [0.25, 0.3) is 45.0 Å². The first-order valence-corrected chi connectivity index (χ1v) is 17.7. The summed E-state index contributed by atoms with van der Waals surface area (Å²) in [4.78, 5) is 10.3. The molecule has 0 radical (unpaired) electrons. The van der Waals surface area contributed by atoms with Crippen molar-refractivity contribution in [1.82, 2.24) is 9.97 Å². The number of benzene rings is 6. The minimum atomic E-state index is -0.591. The van der Waals surface area contributed by atoms with Crippen LogP contribution in [0.4, 0.5) is 0 Å². The zero-order chi connectivity index (χ0) is 34.6. The first-order valence-electron chi connectivity index (χ1n) is 17.7. The van der Waals surface area contributed by atoms with E-state index in [1.54, 1.807) is 0 Å². The molecule has 244 valence electrons. The molecule has 1 atom stereocenters. The summed E-state index contributed by atoms with van der Waals surface area (Å²) in [5.74, 6) is 2.54. The van der Waals surface area contributed by atoms with Gasteiger partial charge >= 0.3 is 0 Å². The Balaban J connectivity index is 1.25. The average molecular weight is 666 g/mol. The number of para-hydroxylation sites is 2. The maximum atomic E-state index is 9.62. The number of rotatable bonds is 4. The first-order chi connectivity index (χ1) is 25.7. The lowest BCUT2D eigenvalue weighted by atomic mass is 9.66. The standard InChI is InChI=1S/C48H31N3O/c49-30-31-22-24-32(25-23-31)36-16-11-19-41-46(36)37-28-35(43-29-42(33-12-3-1-4-13-33)50-47(51-43)34-14-5-2-6-15-34)26-27-38(37)48(41)39-17-7-9-20-44(39)52-45-21-10-8-18-40(45)48/h1-24,26-29,32H,25H2. The van der Waals surface area contributed by atoms with Gasteiger partial charge in [0.1, 0.15) is 11.5 Å². The van der Waals surface area contributed by atoms with Crippen molar-refractivity contribution in [3.8, 4) is 62.6 Å². The van der Waals surface area contributed by atoms with E-state index in [1.165, 1.54) is 27.8 Å². The van der Waals surface area contributed by atoms with Crippen molar-refractivity contribution in [2.45, 2.75) is 17.8 Å². The largest absolute Gasteiger partial charge is 0.457 e. The van der Waals surface area contributed by atoms with Gasteiger partial charge in [0.25, 0.3) is 0 Å². The monoisotopic (exact) mass is 665 g/mol. The van der Waals surface area contributed by atoms with Crippen LogP contribution in [0.1, 0.15) is 40.2 Å². The number of hydrogen-bond donors (Lipinski definition) is 0. The molecular weight excluding hydrogens is 635 g/mol. The molecule has 2 heterocycles. The van der Waals surface area contributed by atoms with Gasteiger partial charge in [0.05, 0.1) is 22.9 Å². The zero-order valence-corrected chi connectivity index (χ0v) is 28.2. The Morgan fingerprint density at radius 1 is 0.596 bits per heavy atom. The minimum Gasteiger partial charge on any atom is -0.457 e. The molecule has 2 aliphatic carbocycles. The van der Waals surface area contributed by atoms with Crippen LogP contribution in [0.2, 0.25) is 0 Å². The van der Waals surface area contributed by atoms with Crippen LogP contribution < -0.4 is 4.74 Å². The Morgan fingerprint density at radius 3 is 1.90 bits per heavy atom. The molecule has 1 aromatic heterocycles. The van der Waals surface area contributed by atoms with Crippen LogP contribution >= 0.6 is 0 Å². The van der Waals surface area contributed by atoms with E-state index in [1.807, 2.05) is 54.6 Å². The number of fused-ring (bicyclic) bond motifs is 9. The second-order valence-electron chi connectivity index (χ2n) is 13.5. The van der Waals surface area contributed by atoms with Crippen LogP contribution in [0.3, 0.4) is 0 Å². The van der Waals surface area contributed by atoms with Crippen LogP contribution in [-0.2, 0) is 5.41 Å². The Morgan fingerprint density at radius 2 is 1.23 bits per heavy atom. The number of ether oxygens (including phenoxy) is 1. The molecule has 0 fully saturated rings. The van der Waals surface area contributed by atoms with Crippen LogP contribution in [-0.4, -0.2) is 9.97 Å². The van der Waals surface area contributed by atoms with Gasteiger partial charge in [0.15, 0.2) is 5.82 Å². The van der Waals surface area contributed by atoms with Gasteiger partial charge < -0.3 is 4.74 Å². The lowest BCUT2D eigenvalue weighted by Crippen LogP contribution is -2.32. The summed E-state index contributed by atoms with van der Waals surface area (Å²) in [6.07, 6.45) is 6.98. The summed E-state index contributed by atoms with van der Waals surface area (Å²) in [5, 5.41) is 9.62. The third-order valence-corrected chi connectivity index (χ3v) is 10.7. The average Bonchev–Trinajstić information content (AvgIpc) is 3.51. The minimum absolute atomic E-state index is 0.123. The fourth-order valence-electron chi connectivity index (χ4n) is 8.45. The Hall–Kier alpha value is -6.83. The lowest BCUT2D eigenvalue weighted by molar-refractivity contribution is 0.436. The Labute approximate surface area is 302 Å². The number of allylic oxidation sites excluding steroid dienone is 4. The zero-order valence-electron chi connectivity index (χ0n) is 28.2. The van der Waals surface area contributed by atoms with E-state index in [9.17, 15) is 5.26 Å². The SMILES string of the molecule is N#CC1=CCC(c2cccc3c2-c2cc(-c4cc(-c5ccccc5)nc(-c5ccccc5)n4)ccc2C32c3ccccc3Oc3ccccc32)C=C1. The molecule has 7 aromatic rings. The van der Waals surface area contributed by atoms with Gasteiger partial charge in [0.2, 0.25) is 0 Å². The molecular formula is C48H31N3O. The van der Waals surface area contributed by atoms with Gasteiger partial charge in [-0.1, -0.05) is 140 Å². The number of nitriles is 1.